The Bertz CT molecular complexity index is 1080. The first kappa shape index (κ1) is 19.6. The molecule has 4 atom stereocenters. The number of rotatable bonds is 3. The minimum absolute atomic E-state index is 0.0123. The third-order valence-electron chi connectivity index (χ3n) is 7.14. The van der Waals surface area contributed by atoms with Gasteiger partial charge in [0.15, 0.2) is 0 Å². The van der Waals surface area contributed by atoms with Crippen LogP contribution in [0, 0.1) is 17.7 Å². The van der Waals surface area contributed by atoms with Crippen molar-refractivity contribution >= 4 is 28.3 Å². The Morgan fingerprint density at radius 1 is 0.933 bits per heavy atom. The summed E-state index contributed by atoms with van der Waals surface area (Å²) in [5.41, 5.74) is 1.95. The lowest BCUT2D eigenvalue weighted by Crippen LogP contribution is -2.46. The van der Waals surface area contributed by atoms with E-state index in [0.717, 1.165) is 42.9 Å². The van der Waals surface area contributed by atoms with E-state index in [2.05, 4.69) is 23.5 Å². The Labute approximate surface area is 181 Å². The van der Waals surface area contributed by atoms with Gasteiger partial charge in [0.1, 0.15) is 5.82 Å². The van der Waals surface area contributed by atoms with Crippen molar-refractivity contribution in [2.75, 3.05) is 0 Å². The second-order valence-electron chi connectivity index (χ2n) is 8.82. The quantitative estimate of drug-likeness (QED) is 0.499. The number of carbonyl (C=O) groups is 1. The topological polar surface area (TPSA) is 29.1 Å². The van der Waals surface area contributed by atoms with Gasteiger partial charge in [-0.2, -0.15) is 0 Å². The predicted molar refractivity (Wildman–Crippen MR) is 119 cm³/mol. The molecule has 3 aromatic rings. The van der Waals surface area contributed by atoms with Crippen molar-refractivity contribution in [3.63, 3.8) is 0 Å². The average Bonchev–Trinajstić information content (AvgIpc) is 2.76. The van der Waals surface area contributed by atoms with E-state index in [1.54, 1.807) is 30.3 Å². The van der Waals surface area contributed by atoms with Gasteiger partial charge in [-0.3, -0.25) is 4.79 Å². The Hall–Kier alpha value is -2.39. The van der Waals surface area contributed by atoms with Crippen LogP contribution in [0.25, 0.3) is 10.8 Å². The van der Waals surface area contributed by atoms with E-state index in [-0.39, 0.29) is 17.8 Å². The Morgan fingerprint density at radius 2 is 1.73 bits per heavy atom. The van der Waals surface area contributed by atoms with Crippen molar-refractivity contribution in [3.05, 3.63) is 82.6 Å². The van der Waals surface area contributed by atoms with E-state index in [1.165, 1.54) is 11.6 Å². The molecule has 2 saturated carbocycles. The summed E-state index contributed by atoms with van der Waals surface area (Å²) < 4.78 is 13.9. The van der Waals surface area contributed by atoms with Gasteiger partial charge in [-0.1, -0.05) is 35.9 Å². The Balaban J connectivity index is 1.31. The van der Waals surface area contributed by atoms with Gasteiger partial charge in [-0.25, -0.2) is 4.39 Å². The van der Waals surface area contributed by atoms with Crippen molar-refractivity contribution in [1.82, 2.24) is 5.32 Å². The van der Waals surface area contributed by atoms with E-state index < -0.39 is 0 Å². The fraction of sp³-hybridized carbons (Fsp3) is 0.346. The first-order valence-electron chi connectivity index (χ1n) is 10.8. The molecule has 5 rings (SSSR count). The Morgan fingerprint density at radius 3 is 2.57 bits per heavy atom. The molecule has 1 N–H and O–H groups in total. The van der Waals surface area contributed by atoms with Crippen LogP contribution in [0.3, 0.4) is 0 Å². The van der Waals surface area contributed by atoms with Gasteiger partial charge < -0.3 is 5.32 Å². The minimum Gasteiger partial charge on any atom is -0.349 e. The molecule has 30 heavy (non-hydrogen) atoms. The van der Waals surface area contributed by atoms with Gasteiger partial charge in [0.05, 0.1) is 0 Å². The summed E-state index contributed by atoms with van der Waals surface area (Å²) in [5, 5.41) is 6.07. The minimum atomic E-state index is -0.169. The summed E-state index contributed by atoms with van der Waals surface area (Å²) >= 11 is 5.93. The number of hydrogen-bond donors (Lipinski definition) is 1. The lowest BCUT2D eigenvalue weighted by molar-refractivity contribution is 0.0825. The summed E-state index contributed by atoms with van der Waals surface area (Å²) in [6.07, 6.45) is 5.42. The maximum atomic E-state index is 13.9. The van der Waals surface area contributed by atoms with Gasteiger partial charge in [0.2, 0.25) is 0 Å². The van der Waals surface area contributed by atoms with Crippen LogP contribution in [-0.2, 0) is 0 Å². The highest BCUT2D eigenvalue weighted by Gasteiger charge is 2.40. The van der Waals surface area contributed by atoms with Crippen LogP contribution >= 0.6 is 11.6 Å². The molecule has 0 spiro atoms. The van der Waals surface area contributed by atoms with E-state index in [1.807, 2.05) is 6.07 Å². The second kappa shape index (κ2) is 8.03. The fourth-order valence-corrected chi connectivity index (χ4v) is 5.78. The van der Waals surface area contributed by atoms with Gasteiger partial charge in [-0.05, 0) is 103 Å². The number of halogens is 2. The zero-order valence-corrected chi connectivity index (χ0v) is 17.5. The first-order chi connectivity index (χ1) is 14.6. The summed E-state index contributed by atoms with van der Waals surface area (Å²) in [6, 6.07) is 18.7. The molecule has 4 heteroatoms. The monoisotopic (exact) mass is 421 g/mol. The Kier molecular flexibility index (Phi) is 5.24. The highest BCUT2D eigenvalue weighted by atomic mass is 35.5. The molecule has 1 amide bonds. The number of hydrogen-bond acceptors (Lipinski definition) is 1. The van der Waals surface area contributed by atoms with Crippen LogP contribution in [0.5, 0.6) is 0 Å². The molecular formula is C26H25ClFNO. The van der Waals surface area contributed by atoms with Gasteiger partial charge >= 0.3 is 0 Å². The van der Waals surface area contributed by atoms with Crippen LogP contribution in [-0.4, -0.2) is 11.9 Å². The molecule has 3 aromatic carbocycles. The van der Waals surface area contributed by atoms with Gasteiger partial charge in [0, 0.05) is 16.6 Å². The molecule has 2 nitrogen and oxygen atoms in total. The zero-order valence-electron chi connectivity index (χ0n) is 16.8. The molecule has 154 valence electrons. The normalized spacial score (nSPS) is 25.8. The van der Waals surface area contributed by atoms with E-state index in [4.69, 9.17) is 11.6 Å². The van der Waals surface area contributed by atoms with Crippen LogP contribution in [0.4, 0.5) is 4.39 Å². The highest BCUT2D eigenvalue weighted by Crippen LogP contribution is 2.49. The lowest BCUT2D eigenvalue weighted by atomic mass is 9.63. The predicted octanol–water partition coefficient (Wildman–Crippen LogP) is 6.72. The highest BCUT2D eigenvalue weighted by molar-refractivity contribution is 6.30. The van der Waals surface area contributed by atoms with Crippen molar-refractivity contribution in [2.24, 2.45) is 11.8 Å². The molecule has 2 bridgehead atoms. The number of fused-ring (bicyclic) bond motifs is 3. The average molecular weight is 422 g/mol. The molecule has 0 unspecified atom stereocenters. The molecule has 0 heterocycles. The summed E-state index contributed by atoms with van der Waals surface area (Å²) in [7, 11) is 0. The largest absolute Gasteiger partial charge is 0.349 e. The first-order valence-corrected chi connectivity index (χ1v) is 11.2. The number of benzene rings is 3. The second-order valence-corrected chi connectivity index (χ2v) is 9.25. The van der Waals surface area contributed by atoms with Crippen LogP contribution in [0.2, 0.25) is 5.02 Å². The summed E-state index contributed by atoms with van der Waals surface area (Å²) in [5.74, 6) is 1.41. The zero-order chi connectivity index (χ0) is 20.7. The fourth-order valence-electron chi connectivity index (χ4n) is 5.66. The molecular weight excluding hydrogens is 397 g/mol. The number of amides is 1. The molecule has 0 aromatic heterocycles. The van der Waals surface area contributed by atoms with Crippen LogP contribution in [0.1, 0.15) is 53.9 Å². The SMILES string of the molecule is O=C(N[C@@H]1CC[C@H]2C[C@@H]1CC[C@H]2c1cccc2ccc(F)cc12)c1ccc(Cl)cc1. The molecule has 0 radical (unpaired) electrons. The smallest absolute Gasteiger partial charge is 0.251 e. The van der Waals surface area contributed by atoms with Gasteiger partial charge in [0.25, 0.3) is 5.91 Å². The third kappa shape index (κ3) is 3.72. The van der Waals surface area contributed by atoms with Crippen molar-refractivity contribution in [3.8, 4) is 0 Å². The van der Waals surface area contributed by atoms with Gasteiger partial charge in [-0.15, -0.1) is 0 Å². The van der Waals surface area contributed by atoms with Crippen LogP contribution < -0.4 is 5.32 Å². The number of carbonyl (C=O) groups excluding carboxylic acids is 1. The van der Waals surface area contributed by atoms with Crippen molar-refractivity contribution in [1.29, 1.82) is 0 Å². The van der Waals surface area contributed by atoms with E-state index >= 15 is 0 Å². The standard InChI is InChI=1S/C26H25ClFNO/c27-20-9-4-17(5-10-20)26(30)29-25-13-8-18-14-19(25)7-12-22(18)23-3-1-2-16-6-11-21(28)15-24(16)23/h1-6,9-11,15,18-19,22,25H,7-8,12-14H2,(H,29,30)/t18-,19-,22+,25+/m0/s1. The van der Waals surface area contributed by atoms with E-state index in [9.17, 15) is 9.18 Å². The van der Waals surface area contributed by atoms with E-state index in [0.29, 0.717) is 28.3 Å². The van der Waals surface area contributed by atoms with Crippen molar-refractivity contribution in [2.45, 2.75) is 44.1 Å². The molecule has 0 aliphatic heterocycles. The van der Waals surface area contributed by atoms with Crippen LogP contribution in [0.15, 0.2) is 60.7 Å². The maximum absolute atomic E-state index is 13.9. The molecule has 2 fully saturated rings. The molecule has 2 aliphatic rings. The molecule has 0 saturated heterocycles. The lowest BCUT2D eigenvalue weighted by Gasteiger charge is -2.45. The number of nitrogens with one attached hydrogen (secondary N) is 1. The summed E-state index contributed by atoms with van der Waals surface area (Å²) in [6.45, 7) is 0. The maximum Gasteiger partial charge on any atom is 0.251 e. The molecule has 2 aliphatic carbocycles. The summed E-state index contributed by atoms with van der Waals surface area (Å²) in [4.78, 5) is 12.7. The third-order valence-corrected chi connectivity index (χ3v) is 7.39. The van der Waals surface area contributed by atoms with Crippen molar-refractivity contribution < 1.29 is 9.18 Å².